The maximum absolute atomic E-state index is 5.32. The van der Waals surface area contributed by atoms with E-state index in [1.165, 1.54) is 36.0 Å². The number of halogens is 1. The molecular weight excluding hydrogens is 328 g/mol. The molecular formula is C17H21BrN2O. The van der Waals surface area contributed by atoms with E-state index in [4.69, 9.17) is 4.74 Å². The standard InChI is InChI=1S/C17H21BrN2O/c1-19-17-5-3-4-12-9-20(11-15(12)17)10-13-8-14(21-2)6-7-16(13)18/h6-9,11,17,19H,3-5,10H2,1-2H3. The van der Waals surface area contributed by atoms with E-state index in [2.05, 4.69) is 51.3 Å². The first kappa shape index (κ1) is 14.7. The molecule has 1 aliphatic carbocycles. The molecule has 1 atom stereocenters. The average Bonchev–Trinajstić information content (AvgIpc) is 2.91. The van der Waals surface area contributed by atoms with Gasteiger partial charge in [-0.05, 0) is 61.2 Å². The molecule has 0 radical (unpaired) electrons. The van der Waals surface area contributed by atoms with E-state index in [0.717, 1.165) is 16.8 Å². The number of aryl methyl sites for hydroxylation is 1. The van der Waals surface area contributed by atoms with Crippen molar-refractivity contribution in [3.63, 3.8) is 0 Å². The number of methoxy groups -OCH3 is 1. The smallest absolute Gasteiger partial charge is 0.119 e. The van der Waals surface area contributed by atoms with Crippen molar-refractivity contribution in [3.05, 3.63) is 51.8 Å². The number of hydrogen-bond donors (Lipinski definition) is 1. The van der Waals surface area contributed by atoms with E-state index >= 15 is 0 Å². The van der Waals surface area contributed by atoms with Crippen LogP contribution in [0.4, 0.5) is 0 Å². The van der Waals surface area contributed by atoms with Crippen molar-refractivity contribution in [3.8, 4) is 5.75 Å². The minimum absolute atomic E-state index is 0.503. The number of aromatic nitrogens is 1. The Morgan fingerprint density at radius 2 is 2.24 bits per heavy atom. The van der Waals surface area contributed by atoms with Gasteiger partial charge >= 0.3 is 0 Å². The second-order valence-electron chi connectivity index (χ2n) is 5.60. The summed E-state index contributed by atoms with van der Waals surface area (Å²) in [5.74, 6) is 0.901. The molecule has 0 amide bonds. The molecule has 0 saturated carbocycles. The minimum Gasteiger partial charge on any atom is -0.497 e. The van der Waals surface area contributed by atoms with Crippen molar-refractivity contribution in [1.82, 2.24) is 9.88 Å². The zero-order valence-electron chi connectivity index (χ0n) is 12.5. The van der Waals surface area contributed by atoms with Crippen LogP contribution in [0.5, 0.6) is 5.75 Å². The zero-order chi connectivity index (χ0) is 14.8. The second kappa shape index (κ2) is 6.24. The van der Waals surface area contributed by atoms with E-state index in [-0.39, 0.29) is 0 Å². The van der Waals surface area contributed by atoms with Crippen LogP contribution in [0.1, 0.15) is 35.6 Å². The van der Waals surface area contributed by atoms with E-state index in [9.17, 15) is 0 Å². The molecule has 1 aromatic carbocycles. The fourth-order valence-electron chi connectivity index (χ4n) is 3.14. The molecule has 0 fully saturated rings. The topological polar surface area (TPSA) is 26.2 Å². The zero-order valence-corrected chi connectivity index (χ0v) is 14.1. The maximum Gasteiger partial charge on any atom is 0.119 e. The van der Waals surface area contributed by atoms with Crippen LogP contribution in [0.25, 0.3) is 0 Å². The number of ether oxygens (including phenoxy) is 1. The molecule has 0 saturated heterocycles. The Labute approximate surface area is 134 Å². The van der Waals surface area contributed by atoms with E-state index in [1.54, 1.807) is 7.11 Å². The van der Waals surface area contributed by atoms with Gasteiger partial charge in [0.25, 0.3) is 0 Å². The van der Waals surface area contributed by atoms with Crippen LogP contribution in [0, 0.1) is 0 Å². The first-order valence-corrected chi connectivity index (χ1v) is 8.19. The van der Waals surface area contributed by atoms with E-state index < -0.39 is 0 Å². The molecule has 21 heavy (non-hydrogen) atoms. The molecule has 0 spiro atoms. The van der Waals surface area contributed by atoms with Crippen molar-refractivity contribution < 1.29 is 4.74 Å². The number of nitrogens with one attached hydrogen (secondary N) is 1. The third-order valence-electron chi connectivity index (χ3n) is 4.27. The highest BCUT2D eigenvalue weighted by molar-refractivity contribution is 9.10. The van der Waals surface area contributed by atoms with Gasteiger partial charge in [0, 0.05) is 29.5 Å². The Kier molecular flexibility index (Phi) is 4.36. The SMILES string of the molecule is CNC1CCCc2cn(Cc3cc(OC)ccc3Br)cc21. The summed E-state index contributed by atoms with van der Waals surface area (Å²) < 4.78 is 8.74. The summed E-state index contributed by atoms with van der Waals surface area (Å²) in [4.78, 5) is 0. The maximum atomic E-state index is 5.32. The van der Waals surface area contributed by atoms with Crippen LogP contribution >= 0.6 is 15.9 Å². The minimum atomic E-state index is 0.503. The average molecular weight is 349 g/mol. The van der Waals surface area contributed by atoms with Crippen molar-refractivity contribution in [1.29, 1.82) is 0 Å². The van der Waals surface area contributed by atoms with E-state index in [1.807, 2.05) is 12.1 Å². The molecule has 2 aromatic rings. The fourth-order valence-corrected chi connectivity index (χ4v) is 3.51. The molecule has 1 heterocycles. The van der Waals surface area contributed by atoms with Crippen LogP contribution in [0.15, 0.2) is 35.1 Å². The van der Waals surface area contributed by atoms with Gasteiger partial charge in [0.05, 0.1) is 7.11 Å². The summed E-state index contributed by atoms with van der Waals surface area (Å²) in [7, 11) is 3.76. The van der Waals surface area contributed by atoms with Gasteiger partial charge in [0.1, 0.15) is 5.75 Å². The van der Waals surface area contributed by atoms with Gasteiger partial charge in [-0.1, -0.05) is 15.9 Å². The van der Waals surface area contributed by atoms with Crippen molar-refractivity contribution >= 4 is 15.9 Å². The van der Waals surface area contributed by atoms with Crippen LogP contribution in [-0.4, -0.2) is 18.7 Å². The molecule has 1 aliphatic rings. The first-order chi connectivity index (χ1) is 10.2. The Balaban J connectivity index is 1.87. The molecule has 1 N–H and O–H groups in total. The van der Waals surface area contributed by atoms with Gasteiger partial charge in [0.2, 0.25) is 0 Å². The molecule has 1 aromatic heterocycles. The lowest BCUT2D eigenvalue weighted by atomic mass is 9.91. The van der Waals surface area contributed by atoms with Gasteiger partial charge in [-0.25, -0.2) is 0 Å². The number of benzene rings is 1. The van der Waals surface area contributed by atoms with Crippen molar-refractivity contribution in [2.24, 2.45) is 0 Å². The highest BCUT2D eigenvalue weighted by Crippen LogP contribution is 2.31. The van der Waals surface area contributed by atoms with Gasteiger partial charge in [-0.2, -0.15) is 0 Å². The van der Waals surface area contributed by atoms with Crippen molar-refractivity contribution in [2.75, 3.05) is 14.2 Å². The van der Waals surface area contributed by atoms with Crippen LogP contribution in [0.2, 0.25) is 0 Å². The summed E-state index contributed by atoms with van der Waals surface area (Å²) in [5, 5.41) is 3.42. The highest BCUT2D eigenvalue weighted by Gasteiger charge is 2.20. The van der Waals surface area contributed by atoms with E-state index in [0.29, 0.717) is 6.04 Å². The molecule has 0 aliphatic heterocycles. The lowest BCUT2D eigenvalue weighted by Gasteiger charge is -2.21. The second-order valence-corrected chi connectivity index (χ2v) is 6.46. The number of fused-ring (bicyclic) bond motifs is 1. The Morgan fingerprint density at radius 1 is 1.38 bits per heavy atom. The third kappa shape index (κ3) is 3.01. The summed E-state index contributed by atoms with van der Waals surface area (Å²) >= 11 is 3.63. The quantitative estimate of drug-likeness (QED) is 0.906. The molecule has 0 bridgehead atoms. The van der Waals surface area contributed by atoms with Gasteiger partial charge in [-0.15, -0.1) is 0 Å². The lowest BCUT2D eigenvalue weighted by Crippen LogP contribution is -2.20. The van der Waals surface area contributed by atoms with Gasteiger partial charge in [-0.3, -0.25) is 0 Å². The summed E-state index contributed by atoms with van der Waals surface area (Å²) in [6, 6.07) is 6.63. The monoisotopic (exact) mass is 348 g/mol. The Hall–Kier alpha value is -1.26. The summed E-state index contributed by atoms with van der Waals surface area (Å²) in [6.45, 7) is 0.862. The number of rotatable bonds is 4. The molecule has 1 unspecified atom stereocenters. The first-order valence-electron chi connectivity index (χ1n) is 7.39. The lowest BCUT2D eigenvalue weighted by molar-refractivity contribution is 0.414. The van der Waals surface area contributed by atoms with Gasteiger partial charge < -0.3 is 14.6 Å². The number of nitrogens with zero attached hydrogens (tertiary/aromatic N) is 1. The van der Waals surface area contributed by atoms with Crippen LogP contribution in [-0.2, 0) is 13.0 Å². The van der Waals surface area contributed by atoms with Gasteiger partial charge in [0.15, 0.2) is 0 Å². The molecule has 3 rings (SSSR count). The predicted octanol–water partition coefficient (Wildman–Crippen LogP) is 3.90. The summed E-state index contributed by atoms with van der Waals surface area (Å²) in [5.41, 5.74) is 4.19. The number of hydrogen-bond acceptors (Lipinski definition) is 2. The van der Waals surface area contributed by atoms with Crippen LogP contribution in [0.3, 0.4) is 0 Å². The van der Waals surface area contributed by atoms with Crippen molar-refractivity contribution in [2.45, 2.75) is 31.8 Å². The third-order valence-corrected chi connectivity index (χ3v) is 5.04. The Bertz CT molecular complexity index is 636. The fraction of sp³-hybridized carbons (Fsp3) is 0.412. The molecule has 3 nitrogen and oxygen atoms in total. The largest absolute Gasteiger partial charge is 0.497 e. The Morgan fingerprint density at radius 3 is 3.00 bits per heavy atom. The summed E-state index contributed by atoms with van der Waals surface area (Å²) in [6.07, 6.45) is 8.29. The molecule has 112 valence electrons. The molecule has 4 heteroatoms. The predicted molar refractivity (Wildman–Crippen MR) is 89.0 cm³/mol. The highest BCUT2D eigenvalue weighted by atomic mass is 79.9. The normalized spacial score (nSPS) is 17.6. The van der Waals surface area contributed by atoms with Crippen LogP contribution < -0.4 is 10.1 Å².